The van der Waals surface area contributed by atoms with Crippen LogP contribution in [0.4, 0.5) is 0 Å². The van der Waals surface area contributed by atoms with Gasteiger partial charge in [-0.3, -0.25) is 0 Å². The van der Waals surface area contributed by atoms with E-state index in [0.717, 1.165) is 0 Å². The normalized spacial score (nSPS) is 10.3. The number of hydrogen-bond acceptors (Lipinski definition) is 1. The maximum Gasteiger partial charge on any atom is -0.00543 e. The van der Waals surface area contributed by atoms with Crippen molar-refractivity contribution in [2.24, 2.45) is 0 Å². The molecule has 0 aromatic heterocycles. The molecule has 0 saturated heterocycles. The summed E-state index contributed by atoms with van der Waals surface area (Å²) in [5.41, 5.74) is 0. The van der Waals surface area contributed by atoms with E-state index in [9.17, 15) is 0 Å². The van der Waals surface area contributed by atoms with Crippen molar-refractivity contribution < 1.29 is 0 Å². The molecule has 0 radical (unpaired) electrons. The third-order valence-electron chi connectivity index (χ3n) is 0.314. The van der Waals surface area contributed by atoms with Crippen molar-refractivity contribution in [3.05, 3.63) is 9.49 Å². The fourth-order valence-corrected chi connectivity index (χ4v) is 1.02. The zero-order valence-electron chi connectivity index (χ0n) is 3.65. The maximum absolute atomic E-state index is 2.21. The molecule has 0 heterocycles. The minimum Gasteiger partial charge on any atom is -0.134 e. The number of hydrogen-bond donors (Lipinski definition) is 0. The van der Waals surface area contributed by atoms with E-state index in [1.54, 1.807) is 0 Å². The molecule has 0 spiro atoms. The molecule has 0 N–H and O–H groups in total. The van der Waals surface area contributed by atoms with E-state index in [4.69, 9.17) is 0 Å². The van der Waals surface area contributed by atoms with Gasteiger partial charge in [-0.1, -0.05) is 29.5 Å². The second-order valence-electron chi connectivity index (χ2n) is 0.717. The van der Waals surface area contributed by atoms with Crippen LogP contribution in [0.5, 0.6) is 0 Å². The Kier molecular flexibility index (Phi) is 6.62. The van der Waals surface area contributed by atoms with E-state index in [1.807, 2.05) is 15.8 Å². The van der Waals surface area contributed by atoms with Gasteiger partial charge in [-0.05, 0) is 15.2 Å². The van der Waals surface area contributed by atoms with E-state index < -0.39 is 0 Å². The molecule has 2 heteroatoms. The average Bonchev–Trinajstić information content (AvgIpc) is 1.61. The lowest BCUT2D eigenvalue weighted by molar-refractivity contribution is 1.54. The van der Waals surface area contributed by atoms with Crippen LogP contribution in [-0.4, -0.2) is 5.75 Å². The highest BCUT2D eigenvalue weighted by molar-refractivity contribution is 14.1. The van der Waals surface area contributed by atoms with Crippen molar-refractivity contribution in [2.45, 2.75) is 6.92 Å². The molecule has 0 atom stereocenters. The van der Waals surface area contributed by atoms with Crippen LogP contribution in [0.25, 0.3) is 0 Å². The SMILES string of the molecule is CCS/C=C\I. The lowest BCUT2D eigenvalue weighted by Gasteiger charge is -1.76. The fourth-order valence-electron chi connectivity index (χ4n) is 0.133. The molecule has 0 aromatic carbocycles. The monoisotopic (exact) mass is 214 g/mol. The average molecular weight is 214 g/mol. The summed E-state index contributed by atoms with van der Waals surface area (Å²) in [4.78, 5) is 0. The lowest BCUT2D eigenvalue weighted by atomic mass is 11.0. The zero-order valence-corrected chi connectivity index (χ0v) is 6.62. The van der Waals surface area contributed by atoms with Gasteiger partial charge < -0.3 is 0 Å². The largest absolute Gasteiger partial charge is 0.134 e. The van der Waals surface area contributed by atoms with E-state index in [-0.39, 0.29) is 0 Å². The van der Waals surface area contributed by atoms with E-state index >= 15 is 0 Å². The van der Waals surface area contributed by atoms with Crippen molar-refractivity contribution in [1.29, 1.82) is 0 Å². The van der Waals surface area contributed by atoms with Gasteiger partial charge in [0, 0.05) is 0 Å². The molecule has 0 amide bonds. The molecule has 0 saturated carbocycles. The summed E-state index contributed by atoms with van der Waals surface area (Å²) in [5.74, 6) is 1.18. The molecule has 36 valence electrons. The standard InChI is InChI=1S/C4H7IS/c1-2-6-4-3-5/h3-4H,2H2,1H3/b4-3-. The Morgan fingerprint density at radius 3 is 2.67 bits per heavy atom. The number of halogens is 1. The Balaban J connectivity index is 2.66. The minimum atomic E-state index is 1.18. The second kappa shape index (κ2) is 5.82. The predicted octanol–water partition coefficient (Wildman–Crippen LogP) is 2.65. The van der Waals surface area contributed by atoms with Gasteiger partial charge in [0.15, 0.2) is 0 Å². The highest BCUT2D eigenvalue weighted by atomic mass is 127. The minimum absolute atomic E-state index is 1.18. The Morgan fingerprint density at radius 1 is 1.83 bits per heavy atom. The highest BCUT2D eigenvalue weighted by Crippen LogP contribution is 2.01. The molecule has 0 fully saturated rings. The molecule has 0 aromatic rings. The van der Waals surface area contributed by atoms with Crippen LogP contribution in [0.1, 0.15) is 6.92 Å². The van der Waals surface area contributed by atoms with Gasteiger partial charge in [0.25, 0.3) is 0 Å². The second-order valence-corrected chi connectivity index (χ2v) is 2.62. The molecule has 0 aliphatic rings. The van der Waals surface area contributed by atoms with Gasteiger partial charge in [0.05, 0.1) is 0 Å². The van der Waals surface area contributed by atoms with Crippen molar-refractivity contribution in [2.75, 3.05) is 5.75 Å². The summed E-state index contributed by atoms with van der Waals surface area (Å²) in [6.45, 7) is 2.14. The number of rotatable bonds is 2. The van der Waals surface area contributed by atoms with Crippen LogP contribution in [0.2, 0.25) is 0 Å². The van der Waals surface area contributed by atoms with Gasteiger partial charge in [0.1, 0.15) is 0 Å². The van der Waals surface area contributed by atoms with Crippen LogP contribution >= 0.6 is 34.4 Å². The van der Waals surface area contributed by atoms with Crippen LogP contribution in [0, 0.1) is 0 Å². The van der Waals surface area contributed by atoms with Crippen molar-refractivity contribution in [3.8, 4) is 0 Å². The molecule has 0 unspecified atom stereocenters. The van der Waals surface area contributed by atoms with Gasteiger partial charge in [-0.2, -0.15) is 0 Å². The maximum atomic E-state index is 2.21. The first kappa shape index (κ1) is 6.82. The molecular weight excluding hydrogens is 207 g/mol. The summed E-state index contributed by atoms with van der Waals surface area (Å²) in [7, 11) is 0. The Bertz CT molecular complexity index is 42.8. The summed E-state index contributed by atoms with van der Waals surface area (Å²) in [6.07, 6.45) is 0. The molecule has 0 bridgehead atoms. The zero-order chi connectivity index (χ0) is 4.83. The van der Waals surface area contributed by atoms with Crippen molar-refractivity contribution in [3.63, 3.8) is 0 Å². The smallest absolute Gasteiger partial charge is 0.00543 e. The molecule has 6 heavy (non-hydrogen) atoms. The van der Waals surface area contributed by atoms with Gasteiger partial charge in [0.2, 0.25) is 0 Å². The molecule has 0 nitrogen and oxygen atoms in total. The molecular formula is C4H7IS. The van der Waals surface area contributed by atoms with Crippen LogP contribution in [-0.2, 0) is 0 Å². The van der Waals surface area contributed by atoms with Gasteiger partial charge in [-0.15, -0.1) is 11.8 Å². The summed E-state index contributed by atoms with van der Waals surface area (Å²) in [6, 6.07) is 0. The highest BCUT2D eigenvalue weighted by Gasteiger charge is 1.65. The van der Waals surface area contributed by atoms with E-state index in [0.29, 0.717) is 0 Å². The van der Waals surface area contributed by atoms with Crippen molar-refractivity contribution in [1.82, 2.24) is 0 Å². The summed E-state index contributed by atoms with van der Waals surface area (Å²) in [5, 5.41) is 2.08. The number of thioether (sulfide) groups is 1. The molecule has 0 aliphatic carbocycles. The third-order valence-corrected chi connectivity index (χ3v) is 1.82. The van der Waals surface area contributed by atoms with E-state index in [2.05, 4.69) is 34.9 Å². The van der Waals surface area contributed by atoms with Crippen LogP contribution in [0.3, 0.4) is 0 Å². The van der Waals surface area contributed by atoms with Crippen LogP contribution < -0.4 is 0 Å². The first-order chi connectivity index (χ1) is 2.91. The summed E-state index contributed by atoms with van der Waals surface area (Å²) < 4.78 is 2.02. The fraction of sp³-hybridized carbons (Fsp3) is 0.500. The van der Waals surface area contributed by atoms with Gasteiger partial charge >= 0.3 is 0 Å². The van der Waals surface area contributed by atoms with Crippen molar-refractivity contribution >= 4 is 34.4 Å². The first-order valence-electron chi connectivity index (χ1n) is 1.78. The van der Waals surface area contributed by atoms with Gasteiger partial charge in [-0.25, -0.2) is 0 Å². The van der Waals surface area contributed by atoms with E-state index in [1.165, 1.54) is 5.75 Å². The topological polar surface area (TPSA) is 0 Å². The summed E-state index contributed by atoms with van der Waals surface area (Å²) >= 11 is 4.03. The third kappa shape index (κ3) is 4.82. The Morgan fingerprint density at radius 2 is 2.50 bits per heavy atom. The lowest BCUT2D eigenvalue weighted by Crippen LogP contribution is -1.52. The quantitative estimate of drug-likeness (QED) is 0.636. The molecule has 0 rings (SSSR count). The Hall–Kier alpha value is 0.820. The Labute approximate surface area is 56.5 Å². The predicted molar refractivity (Wildman–Crippen MR) is 41.3 cm³/mol. The first-order valence-corrected chi connectivity index (χ1v) is 4.08. The molecule has 0 aliphatic heterocycles. The van der Waals surface area contributed by atoms with Crippen LogP contribution in [0.15, 0.2) is 9.49 Å².